The molecule has 1 saturated heterocycles. The van der Waals surface area contributed by atoms with E-state index in [4.69, 9.17) is 0 Å². The molecule has 0 saturated carbocycles. The van der Waals surface area contributed by atoms with Crippen molar-refractivity contribution in [2.24, 2.45) is 4.99 Å². The maximum Gasteiger partial charge on any atom is 0.164 e. The number of rotatable bonds is 3. The molecule has 0 aromatic heterocycles. The molecule has 136 valence electrons. The van der Waals surface area contributed by atoms with Crippen LogP contribution in [0.1, 0.15) is 11.1 Å². The molecular formula is C19H19FN2O2S2. The summed E-state index contributed by atoms with van der Waals surface area (Å²) < 4.78 is 38.5. The number of anilines is 1. The molecule has 1 fully saturated rings. The number of sulfone groups is 1. The Bertz CT molecular complexity index is 975. The number of hydrogen-bond donors (Lipinski definition) is 0. The fraction of sp³-hybridized carbons (Fsp3) is 0.316. The Labute approximate surface area is 157 Å². The maximum atomic E-state index is 14.4. The summed E-state index contributed by atoms with van der Waals surface area (Å²) in [5, 5.41) is 0.696. The first kappa shape index (κ1) is 17.5. The summed E-state index contributed by atoms with van der Waals surface area (Å²) in [6, 6.07) is 14.1. The van der Waals surface area contributed by atoms with Crippen molar-refractivity contribution in [3.63, 3.8) is 0 Å². The first-order chi connectivity index (χ1) is 12.4. The quantitative estimate of drug-likeness (QED) is 0.806. The van der Waals surface area contributed by atoms with E-state index >= 15 is 0 Å². The van der Waals surface area contributed by atoms with Crippen molar-refractivity contribution in [2.75, 3.05) is 16.4 Å². The van der Waals surface area contributed by atoms with Gasteiger partial charge in [0.15, 0.2) is 15.0 Å². The summed E-state index contributed by atoms with van der Waals surface area (Å²) in [6.45, 7) is 2.04. The number of hydrogen-bond acceptors (Lipinski definition) is 5. The van der Waals surface area contributed by atoms with Crippen molar-refractivity contribution in [1.82, 2.24) is 0 Å². The zero-order valence-electron chi connectivity index (χ0n) is 14.3. The van der Waals surface area contributed by atoms with E-state index in [1.807, 2.05) is 25.1 Å². The highest BCUT2D eigenvalue weighted by molar-refractivity contribution is 8.13. The normalized spacial score (nSPS) is 23.8. The molecule has 26 heavy (non-hydrogen) atoms. The van der Waals surface area contributed by atoms with E-state index in [2.05, 4.69) is 11.1 Å². The van der Waals surface area contributed by atoms with Gasteiger partial charge in [-0.3, -0.25) is 4.99 Å². The van der Waals surface area contributed by atoms with E-state index in [1.165, 1.54) is 23.4 Å². The molecular weight excluding hydrogens is 371 g/mol. The van der Waals surface area contributed by atoms with Gasteiger partial charge in [0, 0.05) is 5.75 Å². The minimum atomic E-state index is -3.14. The summed E-state index contributed by atoms with van der Waals surface area (Å²) in [4.78, 5) is 6.42. The predicted molar refractivity (Wildman–Crippen MR) is 105 cm³/mol. The summed E-state index contributed by atoms with van der Waals surface area (Å²) in [6.07, 6.45) is 0. The van der Waals surface area contributed by atoms with Crippen molar-refractivity contribution in [3.8, 4) is 0 Å². The number of aryl methyl sites for hydroxylation is 1. The highest BCUT2D eigenvalue weighted by Gasteiger charge is 2.47. The Morgan fingerprint density at radius 2 is 2.00 bits per heavy atom. The average Bonchev–Trinajstić information content (AvgIpc) is 3.05. The van der Waals surface area contributed by atoms with Gasteiger partial charge in [0.25, 0.3) is 0 Å². The van der Waals surface area contributed by atoms with Crippen LogP contribution in [0, 0.1) is 12.7 Å². The molecule has 0 unspecified atom stereocenters. The number of fused-ring (bicyclic) bond motifs is 1. The van der Waals surface area contributed by atoms with Gasteiger partial charge in [0.05, 0.1) is 29.3 Å². The fourth-order valence-electron chi connectivity index (χ4n) is 3.51. The van der Waals surface area contributed by atoms with Crippen LogP contribution in [-0.4, -0.2) is 37.2 Å². The molecule has 2 heterocycles. The third-order valence-corrected chi connectivity index (χ3v) is 7.41. The highest BCUT2D eigenvalue weighted by Crippen LogP contribution is 2.36. The van der Waals surface area contributed by atoms with Gasteiger partial charge in [-0.05, 0) is 24.6 Å². The standard InChI is InChI=1S/C19H19FN2O2S2/c1-13-5-4-6-14(9-13)10-25-19-21-16-11-26(23,24)12-18(16)22(19)17-8-3-2-7-15(17)20/h2-9,16,18H,10-12H2,1H3/t16-,18-/m0/s1. The van der Waals surface area contributed by atoms with Crippen LogP contribution in [0.4, 0.5) is 10.1 Å². The van der Waals surface area contributed by atoms with Gasteiger partial charge in [-0.25, -0.2) is 12.8 Å². The fourth-order valence-corrected chi connectivity index (χ4v) is 6.41. The number of para-hydroxylation sites is 1. The lowest BCUT2D eigenvalue weighted by Gasteiger charge is -2.26. The number of halogens is 1. The number of thioether (sulfide) groups is 1. The zero-order valence-corrected chi connectivity index (χ0v) is 15.9. The summed E-state index contributed by atoms with van der Waals surface area (Å²) in [7, 11) is -3.14. The lowest BCUT2D eigenvalue weighted by molar-refractivity contribution is 0.600. The molecule has 0 aliphatic carbocycles. The third kappa shape index (κ3) is 3.38. The van der Waals surface area contributed by atoms with E-state index in [0.29, 0.717) is 16.6 Å². The Hall–Kier alpha value is -1.86. The van der Waals surface area contributed by atoms with Gasteiger partial charge < -0.3 is 4.90 Å². The van der Waals surface area contributed by atoms with E-state index in [1.54, 1.807) is 23.1 Å². The minimum absolute atomic E-state index is 0.0179. The molecule has 0 radical (unpaired) electrons. The number of nitrogens with zero attached hydrogens (tertiary/aromatic N) is 2. The second-order valence-corrected chi connectivity index (χ2v) is 9.82. The van der Waals surface area contributed by atoms with Crippen molar-refractivity contribution >= 4 is 32.5 Å². The second kappa shape index (κ2) is 6.70. The number of amidine groups is 1. The Kier molecular flexibility index (Phi) is 4.52. The topological polar surface area (TPSA) is 49.7 Å². The largest absolute Gasteiger partial charge is 0.312 e. The van der Waals surface area contributed by atoms with Crippen LogP contribution < -0.4 is 4.90 Å². The van der Waals surface area contributed by atoms with Crippen molar-refractivity contribution in [2.45, 2.75) is 24.8 Å². The third-order valence-electron chi connectivity index (χ3n) is 4.67. The molecule has 0 spiro atoms. The summed E-state index contributed by atoms with van der Waals surface area (Å²) in [5.41, 5.74) is 2.74. The molecule has 2 aromatic rings. The van der Waals surface area contributed by atoms with E-state index in [9.17, 15) is 12.8 Å². The molecule has 2 atom stereocenters. The molecule has 2 aromatic carbocycles. The second-order valence-electron chi connectivity index (χ2n) is 6.72. The van der Waals surface area contributed by atoms with E-state index in [0.717, 1.165) is 5.56 Å². The van der Waals surface area contributed by atoms with Crippen LogP contribution in [0.3, 0.4) is 0 Å². The Morgan fingerprint density at radius 3 is 2.77 bits per heavy atom. The van der Waals surface area contributed by atoms with Crippen molar-refractivity contribution in [1.29, 1.82) is 0 Å². The van der Waals surface area contributed by atoms with Crippen molar-refractivity contribution in [3.05, 3.63) is 65.5 Å². The molecule has 4 nitrogen and oxygen atoms in total. The van der Waals surface area contributed by atoms with Gasteiger partial charge in [-0.2, -0.15) is 0 Å². The lowest BCUT2D eigenvalue weighted by Crippen LogP contribution is -2.39. The Morgan fingerprint density at radius 1 is 1.19 bits per heavy atom. The monoisotopic (exact) mass is 390 g/mol. The smallest absolute Gasteiger partial charge is 0.164 e. The van der Waals surface area contributed by atoms with Crippen molar-refractivity contribution < 1.29 is 12.8 Å². The molecule has 0 N–H and O–H groups in total. The molecule has 2 aliphatic rings. The van der Waals surface area contributed by atoms with Crippen LogP contribution in [0.2, 0.25) is 0 Å². The van der Waals surface area contributed by atoms with E-state index < -0.39 is 9.84 Å². The van der Waals surface area contributed by atoms with Crippen LogP contribution in [0.5, 0.6) is 0 Å². The van der Waals surface area contributed by atoms with Crippen LogP contribution in [0.25, 0.3) is 0 Å². The SMILES string of the molecule is Cc1cccc(CSC2=N[C@H]3CS(=O)(=O)C[C@@H]3N2c2ccccc2F)c1. The van der Waals surface area contributed by atoms with Gasteiger partial charge in [0.1, 0.15) is 5.82 Å². The highest BCUT2D eigenvalue weighted by atomic mass is 32.2. The van der Waals surface area contributed by atoms with Gasteiger partial charge in [0.2, 0.25) is 0 Å². The number of benzene rings is 2. The van der Waals surface area contributed by atoms with Gasteiger partial charge >= 0.3 is 0 Å². The molecule has 2 aliphatic heterocycles. The molecule has 0 amide bonds. The van der Waals surface area contributed by atoms with Crippen LogP contribution in [0.15, 0.2) is 53.5 Å². The van der Waals surface area contributed by atoms with E-state index in [-0.39, 0.29) is 29.4 Å². The number of aliphatic imine (C=N–C) groups is 1. The molecule has 0 bridgehead atoms. The summed E-state index contributed by atoms with van der Waals surface area (Å²) in [5.74, 6) is 0.403. The van der Waals surface area contributed by atoms with Gasteiger partial charge in [-0.1, -0.05) is 53.7 Å². The minimum Gasteiger partial charge on any atom is -0.312 e. The van der Waals surface area contributed by atoms with Crippen LogP contribution >= 0.6 is 11.8 Å². The first-order valence-corrected chi connectivity index (χ1v) is 11.2. The maximum absolute atomic E-state index is 14.4. The van der Waals surface area contributed by atoms with Crippen LogP contribution in [-0.2, 0) is 15.6 Å². The van der Waals surface area contributed by atoms with Gasteiger partial charge in [-0.15, -0.1) is 0 Å². The summed E-state index contributed by atoms with van der Waals surface area (Å²) >= 11 is 1.53. The Balaban J connectivity index is 1.64. The molecule has 7 heteroatoms. The molecule has 4 rings (SSSR count). The average molecular weight is 391 g/mol. The zero-order chi connectivity index (χ0) is 18.3. The lowest BCUT2D eigenvalue weighted by atomic mass is 10.1. The first-order valence-electron chi connectivity index (χ1n) is 8.43. The predicted octanol–water partition coefficient (Wildman–Crippen LogP) is 3.41.